The van der Waals surface area contributed by atoms with Crippen molar-refractivity contribution in [3.63, 3.8) is 0 Å². The zero-order valence-electron chi connectivity index (χ0n) is 16.2. The number of halogens is 4. The molecular weight excluding hydrogens is 437 g/mol. The van der Waals surface area contributed by atoms with Gasteiger partial charge >= 0.3 is 6.36 Å². The number of hydrogen-bond donors (Lipinski definition) is 0. The lowest BCUT2D eigenvalue weighted by Gasteiger charge is -2.20. The highest BCUT2D eigenvalue weighted by Gasteiger charge is 2.31. The number of rotatable bonds is 8. The molecule has 162 valence electrons. The Hall–Kier alpha value is -1.90. The number of benzene rings is 1. The first-order chi connectivity index (χ1) is 14.3. The van der Waals surface area contributed by atoms with Gasteiger partial charge in [0.2, 0.25) is 5.91 Å². The van der Waals surface area contributed by atoms with Gasteiger partial charge in [-0.1, -0.05) is 23.7 Å². The highest BCUT2D eigenvalue weighted by atomic mass is 35.5. The minimum absolute atomic E-state index is 0.0179. The van der Waals surface area contributed by atoms with Crippen LogP contribution in [0.2, 0.25) is 4.34 Å². The molecule has 3 rings (SSSR count). The van der Waals surface area contributed by atoms with Gasteiger partial charge in [0.1, 0.15) is 5.75 Å². The number of aliphatic imine (C=N–C) groups is 1. The van der Waals surface area contributed by atoms with E-state index in [1.807, 2.05) is 12.1 Å². The second kappa shape index (κ2) is 10.4. The van der Waals surface area contributed by atoms with Gasteiger partial charge in [-0.3, -0.25) is 4.79 Å². The summed E-state index contributed by atoms with van der Waals surface area (Å²) in [6, 6.07) is 9.11. The molecule has 1 atom stereocenters. The Kier molecular flexibility index (Phi) is 7.91. The van der Waals surface area contributed by atoms with Gasteiger partial charge in [-0.05, 0) is 62.2 Å². The molecule has 1 unspecified atom stereocenters. The van der Waals surface area contributed by atoms with Gasteiger partial charge in [-0.25, -0.2) is 4.99 Å². The Morgan fingerprint density at radius 3 is 2.50 bits per heavy atom. The first kappa shape index (κ1) is 22.8. The van der Waals surface area contributed by atoms with Crippen LogP contribution in [0.1, 0.15) is 23.3 Å². The monoisotopic (exact) mass is 458 g/mol. The van der Waals surface area contributed by atoms with Crippen LogP contribution in [-0.4, -0.2) is 43.0 Å². The number of ether oxygens (including phenoxy) is 1. The smallest absolute Gasteiger partial charge is 0.406 e. The number of likely N-dealkylation sites (tertiary alicyclic amines) is 1. The van der Waals surface area contributed by atoms with Crippen molar-refractivity contribution >= 4 is 35.1 Å². The summed E-state index contributed by atoms with van der Waals surface area (Å²) in [4.78, 5) is 19.9. The molecule has 0 spiro atoms. The molecule has 0 saturated carbocycles. The largest absolute Gasteiger partial charge is 0.573 e. The summed E-state index contributed by atoms with van der Waals surface area (Å²) in [5, 5.41) is 0. The van der Waals surface area contributed by atoms with E-state index in [9.17, 15) is 18.0 Å². The molecule has 2 aromatic rings. The Balaban J connectivity index is 1.58. The van der Waals surface area contributed by atoms with E-state index in [1.165, 1.54) is 48.4 Å². The Labute approximate surface area is 182 Å². The maximum absolute atomic E-state index is 12.3. The maximum Gasteiger partial charge on any atom is 0.573 e. The second-order valence-electron chi connectivity index (χ2n) is 7.22. The van der Waals surface area contributed by atoms with Crippen LogP contribution in [0.25, 0.3) is 0 Å². The van der Waals surface area contributed by atoms with E-state index in [1.54, 1.807) is 6.21 Å². The van der Waals surface area contributed by atoms with E-state index in [0.717, 1.165) is 35.3 Å². The molecule has 30 heavy (non-hydrogen) atoms. The molecule has 1 aromatic heterocycles. The van der Waals surface area contributed by atoms with Crippen molar-refractivity contribution in [2.24, 2.45) is 10.9 Å². The molecule has 4 nitrogen and oxygen atoms in total. The molecule has 1 amide bonds. The number of nitrogens with zero attached hydrogens (tertiary/aromatic N) is 2. The molecule has 0 radical (unpaired) electrons. The van der Waals surface area contributed by atoms with E-state index in [0.29, 0.717) is 5.56 Å². The average molecular weight is 459 g/mol. The van der Waals surface area contributed by atoms with Crippen molar-refractivity contribution in [1.29, 1.82) is 0 Å². The van der Waals surface area contributed by atoms with Crippen LogP contribution < -0.4 is 4.74 Å². The summed E-state index contributed by atoms with van der Waals surface area (Å²) in [6.07, 6.45) is 0.107. The molecule has 1 aliphatic rings. The molecular formula is C21H22ClF3N2O2S. The Morgan fingerprint density at radius 1 is 1.20 bits per heavy atom. The number of amides is 1. The van der Waals surface area contributed by atoms with Crippen molar-refractivity contribution in [3.05, 3.63) is 51.2 Å². The molecule has 9 heteroatoms. The predicted molar refractivity (Wildman–Crippen MR) is 113 cm³/mol. The molecule has 1 aromatic carbocycles. The molecule has 2 heterocycles. The van der Waals surface area contributed by atoms with Crippen molar-refractivity contribution in [3.8, 4) is 5.75 Å². The lowest BCUT2D eigenvalue weighted by atomic mass is 10.1. The van der Waals surface area contributed by atoms with Crippen LogP contribution in [0.4, 0.5) is 13.2 Å². The lowest BCUT2D eigenvalue weighted by molar-refractivity contribution is -0.274. The number of carbonyl (C=O) groups is 1. The average Bonchev–Trinajstić information content (AvgIpc) is 3.32. The number of carbonyl (C=O) groups excluding carboxylic acids is 1. The van der Waals surface area contributed by atoms with Crippen molar-refractivity contribution in [2.75, 3.05) is 19.6 Å². The van der Waals surface area contributed by atoms with Crippen LogP contribution in [-0.2, 0) is 17.6 Å². The zero-order chi connectivity index (χ0) is 21.6. The van der Waals surface area contributed by atoms with E-state index < -0.39 is 6.36 Å². The molecule has 1 saturated heterocycles. The molecule has 0 bridgehead atoms. The van der Waals surface area contributed by atoms with Gasteiger partial charge in [-0.2, -0.15) is 0 Å². The van der Waals surface area contributed by atoms with Gasteiger partial charge < -0.3 is 9.64 Å². The Morgan fingerprint density at radius 2 is 1.90 bits per heavy atom. The minimum atomic E-state index is -4.74. The molecule has 0 aliphatic carbocycles. The summed E-state index contributed by atoms with van der Waals surface area (Å²) in [7, 11) is 0. The van der Waals surface area contributed by atoms with E-state index in [2.05, 4.69) is 14.6 Å². The van der Waals surface area contributed by atoms with Gasteiger partial charge in [0.15, 0.2) is 0 Å². The highest BCUT2D eigenvalue weighted by Crippen LogP contribution is 2.25. The predicted octanol–water partition coefficient (Wildman–Crippen LogP) is 5.39. The van der Waals surface area contributed by atoms with Crippen molar-refractivity contribution in [1.82, 2.24) is 4.90 Å². The quantitative estimate of drug-likeness (QED) is 0.498. The zero-order valence-corrected chi connectivity index (χ0v) is 17.8. The SMILES string of the molecule is O=C(Cc1ccc(OC(F)(F)F)cc1)N=CC(Cc1ccc(Cl)s1)CN1CCCC1. The number of alkyl halides is 3. The fourth-order valence-corrected chi connectivity index (χ4v) is 4.58. The summed E-state index contributed by atoms with van der Waals surface area (Å²) in [6.45, 7) is 2.93. The van der Waals surface area contributed by atoms with Crippen LogP contribution in [0.15, 0.2) is 41.4 Å². The van der Waals surface area contributed by atoms with E-state index in [-0.39, 0.29) is 24.0 Å². The summed E-state index contributed by atoms with van der Waals surface area (Å²) < 4.78 is 41.2. The third-order valence-corrected chi connectivity index (χ3v) is 5.98. The fourth-order valence-electron chi connectivity index (χ4n) is 3.40. The summed E-state index contributed by atoms with van der Waals surface area (Å²) in [5.74, 6) is -0.568. The number of thiophene rings is 1. The second-order valence-corrected chi connectivity index (χ2v) is 9.02. The van der Waals surface area contributed by atoms with Crippen LogP contribution >= 0.6 is 22.9 Å². The Bertz CT molecular complexity index is 862. The summed E-state index contributed by atoms with van der Waals surface area (Å²) in [5.41, 5.74) is 0.577. The normalized spacial score (nSPS) is 16.3. The number of hydrogen-bond acceptors (Lipinski definition) is 4. The first-order valence-electron chi connectivity index (χ1n) is 9.65. The summed E-state index contributed by atoms with van der Waals surface area (Å²) >= 11 is 7.55. The first-order valence-corrected chi connectivity index (χ1v) is 10.8. The van der Waals surface area contributed by atoms with Gasteiger partial charge in [0, 0.05) is 23.6 Å². The van der Waals surface area contributed by atoms with E-state index in [4.69, 9.17) is 11.6 Å². The van der Waals surface area contributed by atoms with Crippen LogP contribution in [0.3, 0.4) is 0 Å². The van der Waals surface area contributed by atoms with Gasteiger partial charge in [0.25, 0.3) is 0 Å². The topological polar surface area (TPSA) is 41.9 Å². The van der Waals surface area contributed by atoms with Gasteiger partial charge in [-0.15, -0.1) is 24.5 Å². The molecule has 1 aliphatic heterocycles. The fraction of sp³-hybridized carbons (Fsp3) is 0.429. The molecule has 0 N–H and O–H groups in total. The molecule has 1 fully saturated rings. The van der Waals surface area contributed by atoms with Crippen molar-refractivity contribution in [2.45, 2.75) is 32.0 Å². The standard InChI is InChI=1S/C21H22ClF3N2O2S/c22-19-8-7-18(30-19)11-16(14-27-9-1-2-10-27)13-26-20(28)12-15-3-5-17(6-4-15)29-21(23,24)25/h3-8,13,16H,1-2,9-12,14H2. The highest BCUT2D eigenvalue weighted by molar-refractivity contribution is 7.16. The minimum Gasteiger partial charge on any atom is -0.406 e. The van der Waals surface area contributed by atoms with E-state index >= 15 is 0 Å². The van der Waals surface area contributed by atoms with Crippen LogP contribution in [0.5, 0.6) is 5.75 Å². The van der Waals surface area contributed by atoms with Gasteiger partial charge in [0.05, 0.1) is 10.8 Å². The lowest BCUT2D eigenvalue weighted by Crippen LogP contribution is -2.28. The van der Waals surface area contributed by atoms with Crippen molar-refractivity contribution < 1.29 is 22.7 Å². The van der Waals surface area contributed by atoms with Crippen LogP contribution in [0, 0.1) is 5.92 Å². The third kappa shape index (κ3) is 7.74. The third-order valence-electron chi connectivity index (χ3n) is 4.73. The maximum atomic E-state index is 12.3.